The van der Waals surface area contributed by atoms with Crippen molar-refractivity contribution in [1.29, 1.82) is 0 Å². The van der Waals surface area contributed by atoms with Crippen LogP contribution in [0.15, 0.2) is 27.4 Å². The normalized spacial score (nSPS) is 25.2. The molecule has 0 saturated carbocycles. The minimum atomic E-state index is -1.02. The van der Waals surface area contributed by atoms with Gasteiger partial charge in [-0.15, -0.1) is 0 Å². The largest absolute Gasteiger partial charge is 0.451 e. The molecule has 1 aromatic rings. The number of nitrogens with zero attached hydrogens (tertiary/aromatic N) is 1. The summed E-state index contributed by atoms with van der Waals surface area (Å²) in [4.78, 5) is 24.4. The molecule has 0 unspecified atom stereocenters. The van der Waals surface area contributed by atoms with Gasteiger partial charge < -0.3 is 4.74 Å². The van der Waals surface area contributed by atoms with Crippen molar-refractivity contribution in [3.05, 3.63) is 27.4 Å². The Hall–Kier alpha value is -0.750. The number of cyclic esters (lactones) is 1. The van der Waals surface area contributed by atoms with Crippen molar-refractivity contribution in [2.45, 2.75) is 39.3 Å². The highest BCUT2D eigenvalue weighted by molar-refractivity contribution is 9.11. The van der Waals surface area contributed by atoms with Crippen LogP contribution in [-0.2, 0) is 20.9 Å². The summed E-state index contributed by atoms with van der Waals surface area (Å²) < 4.78 is 8.91. The molecule has 1 aliphatic rings. The van der Waals surface area contributed by atoms with Crippen LogP contribution >= 0.6 is 31.9 Å². The van der Waals surface area contributed by atoms with E-state index >= 15 is 0 Å². The smallest absolute Gasteiger partial charge is 0.310 e. The second-order valence-electron chi connectivity index (χ2n) is 5.97. The molecule has 2 rings (SSSR count). The van der Waals surface area contributed by atoms with Gasteiger partial charge in [-0.1, -0.05) is 13.8 Å². The van der Waals surface area contributed by atoms with Gasteiger partial charge in [0.05, 0.1) is 14.9 Å². The highest BCUT2D eigenvalue weighted by Crippen LogP contribution is 2.35. The molecule has 114 valence electrons. The summed E-state index contributed by atoms with van der Waals surface area (Å²) in [5, 5.41) is 0. The average molecular weight is 420 g/mol. The predicted molar refractivity (Wildman–Crippen MR) is 84.5 cm³/mol. The molecule has 0 N–H and O–H groups in total. The van der Waals surface area contributed by atoms with Crippen molar-refractivity contribution in [3.63, 3.8) is 0 Å². The van der Waals surface area contributed by atoms with Gasteiger partial charge >= 0.3 is 5.97 Å². The van der Waals surface area contributed by atoms with E-state index in [1.165, 1.54) is 0 Å². The lowest BCUT2D eigenvalue weighted by atomic mass is 9.86. The van der Waals surface area contributed by atoms with Gasteiger partial charge in [-0.3, -0.25) is 9.59 Å². The number of rotatable bonds is 4. The average Bonchev–Trinajstić information content (AvgIpc) is 2.65. The van der Waals surface area contributed by atoms with Crippen molar-refractivity contribution in [2.24, 2.45) is 11.8 Å². The van der Waals surface area contributed by atoms with Crippen molar-refractivity contribution < 1.29 is 18.9 Å². The lowest BCUT2D eigenvalue weighted by molar-refractivity contribution is -0.685. The number of ketones is 1. The maximum Gasteiger partial charge on any atom is 0.310 e. The minimum absolute atomic E-state index is 0.0889. The Kier molecular flexibility index (Phi) is 4.88. The summed E-state index contributed by atoms with van der Waals surface area (Å²) in [6.45, 7) is 5.83. The molecular weight excluding hydrogens is 402 g/mol. The van der Waals surface area contributed by atoms with Crippen LogP contribution in [0.5, 0.6) is 0 Å². The van der Waals surface area contributed by atoms with Crippen LogP contribution in [0, 0.1) is 11.8 Å². The number of Topliss-reactive ketones (excluding diaryl/α,β-unsaturated/α-hetero) is 1. The molecule has 4 nitrogen and oxygen atoms in total. The third kappa shape index (κ3) is 3.72. The van der Waals surface area contributed by atoms with E-state index in [0.29, 0.717) is 6.42 Å². The molecule has 1 saturated heterocycles. The Morgan fingerprint density at radius 3 is 2.48 bits per heavy atom. The number of carbonyl (C=O) groups is 2. The first-order valence-electron chi connectivity index (χ1n) is 6.82. The highest BCUT2D eigenvalue weighted by atomic mass is 79.9. The van der Waals surface area contributed by atoms with Crippen LogP contribution in [0.1, 0.15) is 27.2 Å². The van der Waals surface area contributed by atoms with E-state index in [9.17, 15) is 9.59 Å². The number of halogens is 2. The maximum absolute atomic E-state index is 12.5. The number of carbonyl (C=O) groups excluding carboxylic acids is 2. The number of ether oxygens (including phenoxy) is 1. The Morgan fingerprint density at radius 1 is 1.43 bits per heavy atom. The van der Waals surface area contributed by atoms with Gasteiger partial charge in [0.2, 0.25) is 12.3 Å². The molecule has 0 aliphatic carbocycles. The van der Waals surface area contributed by atoms with E-state index in [1.54, 1.807) is 11.5 Å². The number of pyridine rings is 1. The van der Waals surface area contributed by atoms with Gasteiger partial charge in [-0.25, -0.2) is 0 Å². The lowest BCUT2D eigenvalue weighted by Gasteiger charge is -2.19. The van der Waals surface area contributed by atoms with E-state index in [1.807, 2.05) is 32.3 Å². The van der Waals surface area contributed by atoms with Crippen molar-refractivity contribution in [3.8, 4) is 0 Å². The van der Waals surface area contributed by atoms with Gasteiger partial charge in [0, 0.05) is 6.42 Å². The summed E-state index contributed by atoms with van der Waals surface area (Å²) >= 11 is 6.78. The van der Waals surface area contributed by atoms with Crippen LogP contribution in [0.25, 0.3) is 0 Å². The third-order valence-electron chi connectivity index (χ3n) is 3.81. The summed E-state index contributed by atoms with van der Waals surface area (Å²) in [7, 11) is 0. The van der Waals surface area contributed by atoms with Crippen LogP contribution in [0.4, 0.5) is 0 Å². The zero-order valence-electron chi connectivity index (χ0n) is 12.2. The molecule has 1 aromatic heterocycles. The molecule has 0 bridgehead atoms. The van der Waals surface area contributed by atoms with Crippen LogP contribution in [0.3, 0.4) is 0 Å². The molecular formula is C15H18Br2NO3+. The van der Waals surface area contributed by atoms with Crippen molar-refractivity contribution >= 4 is 43.6 Å². The van der Waals surface area contributed by atoms with E-state index < -0.39 is 5.60 Å². The van der Waals surface area contributed by atoms with E-state index in [4.69, 9.17) is 4.74 Å². The van der Waals surface area contributed by atoms with Gasteiger partial charge in [-0.2, -0.15) is 4.57 Å². The molecule has 0 aromatic carbocycles. The SMILES string of the molecule is CC(C)[C@H]1C[C@](C)(C(=O)C[n+]2cc(Br)cc(Br)c2)OC1=O. The molecule has 6 heteroatoms. The van der Waals surface area contributed by atoms with Gasteiger partial charge in [0.1, 0.15) is 0 Å². The maximum atomic E-state index is 12.5. The molecule has 0 spiro atoms. The molecule has 0 amide bonds. The monoisotopic (exact) mass is 418 g/mol. The van der Waals surface area contributed by atoms with Crippen LogP contribution in [-0.4, -0.2) is 17.4 Å². The fourth-order valence-corrected chi connectivity index (χ4v) is 3.83. The van der Waals surface area contributed by atoms with E-state index in [0.717, 1.165) is 8.95 Å². The summed E-state index contributed by atoms with van der Waals surface area (Å²) in [5.74, 6) is -0.367. The second-order valence-corrected chi connectivity index (χ2v) is 7.81. The fraction of sp³-hybridized carbons (Fsp3) is 0.533. The highest BCUT2D eigenvalue weighted by Gasteiger charge is 2.50. The van der Waals surface area contributed by atoms with Gasteiger partial charge in [0.15, 0.2) is 18.0 Å². The zero-order chi connectivity index (χ0) is 15.8. The summed E-state index contributed by atoms with van der Waals surface area (Å²) in [6, 6.07) is 1.90. The molecule has 1 fully saturated rings. The predicted octanol–water partition coefficient (Wildman–Crippen LogP) is 3.05. The minimum Gasteiger partial charge on any atom is -0.451 e. The van der Waals surface area contributed by atoms with Crippen LogP contribution < -0.4 is 4.57 Å². The standard InChI is InChI=1S/C15H18Br2NO3/c1-9(2)12-5-15(3,21-14(12)20)13(19)8-18-6-10(16)4-11(17)7-18/h4,6-7,9,12H,5,8H2,1-3H3/q+1/t12-,15-/m1/s1. The van der Waals surface area contributed by atoms with Crippen molar-refractivity contribution in [2.75, 3.05) is 0 Å². The Bertz CT molecular complexity index is 568. The van der Waals surface area contributed by atoms with Crippen LogP contribution in [0.2, 0.25) is 0 Å². The molecule has 1 aliphatic heterocycles. The topological polar surface area (TPSA) is 47.2 Å². The first-order valence-corrected chi connectivity index (χ1v) is 8.41. The first kappa shape index (κ1) is 16.6. The molecule has 2 atom stereocenters. The number of esters is 1. The Morgan fingerprint density at radius 2 is 2.00 bits per heavy atom. The van der Waals surface area contributed by atoms with Gasteiger partial charge in [-0.05, 0) is 50.8 Å². The van der Waals surface area contributed by atoms with Gasteiger partial charge in [0.25, 0.3) is 0 Å². The molecule has 21 heavy (non-hydrogen) atoms. The first-order chi connectivity index (χ1) is 9.71. The summed E-state index contributed by atoms with van der Waals surface area (Å²) in [5.41, 5.74) is -1.02. The van der Waals surface area contributed by atoms with E-state index in [-0.39, 0.29) is 30.1 Å². The number of aromatic nitrogens is 1. The fourth-order valence-electron chi connectivity index (χ4n) is 2.51. The second kappa shape index (κ2) is 6.16. The third-order valence-corrected chi connectivity index (χ3v) is 4.68. The van der Waals surface area contributed by atoms with E-state index in [2.05, 4.69) is 31.9 Å². The van der Waals surface area contributed by atoms with Crippen molar-refractivity contribution in [1.82, 2.24) is 0 Å². The molecule has 0 radical (unpaired) electrons. The molecule has 2 heterocycles. The number of hydrogen-bond donors (Lipinski definition) is 0. The quantitative estimate of drug-likeness (QED) is 0.556. The summed E-state index contributed by atoms with van der Waals surface area (Å²) in [6.07, 6.45) is 4.10. The Balaban J connectivity index is 2.15. The number of hydrogen-bond acceptors (Lipinski definition) is 3. The lowest BCUT2D eigenvalue weighted by Crippen LogP contribution is -2.46. The zero-order valence-corrected chi connectivity index (χ0v) is 15.4. The Labute approximate surface area is 141 Å².